The molecule has 2 rings (SSSR count). The van der Waals surface area contributed by atoms with Crippen LogP contribution in [0.2, 0.25) is 0 Å². The lowest BCUT2D eigenvalue weighted by Crippen LogP contribution is -2.29. The van der Waals surface area contributed by atoms with Crippen molar-refractivity contribution in [1.29, 1.82) is 0 Å². The Morgan fingerprint density at radius 2 is 1.94 bits per heavy atom. The van der Waals surface area contributed by atoms with Crippen LogP contribution in [-0.2, 0) is 0 Å². The molecule has 0 spiro atoms. The van der Waals surface area contributed by atoms with Gasteiger partial charge in [-0.2, -0.15) is 4.73 Å². The summed E-state index contributed by atoms with van der Waals surface area (Å²) in [6, 6.07) is 7.28. The number of aryl methyl sites for hydroxylation is 1. The van der Waals surface area contributed by atoms with Crippen molar-refractivity contribution in [2.45, 2.75) is 6.92 Å². The van der Waals surface area contributed by atoms with Gasteiger partial charge in [-0.15, -0.1) is 0 Å². The maximum Gasteiger partial charge on any atom is 0.499 e. The van der Waals surface area contributed by atoms with Gasteiger partial charge in [0.25, 0.3) is 0 Å². The quantitative estimate of drug-likeness (QED) is 0.472. The van der Waals surface area contributed by atoms with Gasteiger partial charge in [0, 0.05) is 5.56 Å². The summed E-state index contributed by atoms with van der Waals surface area (Å²) in [4.78, 5) is 0. The number of benzene rings is 1. The maximum atomic E-state index is 11.7. The number of methoxy groups -OCH3 is 1. The van der Waals surface area contributed by atoms with E-state index in [9.17, 15) is 10.4 Å². The van der Waals surface area contributed by atoms with Crippen molar-refractivity contribution in [3.63, 3.8) is 0 Å². The van der Waals surface area contributed by atoms with Crippen molar-refractivity contribution < 1.29 is 14.7 Å². The van der Waals surface area contributed by atoms with Crippen molar-refractivity contribution >= 4 is 0 Å². The fourth-order valence-corrected chi connectivity index (χ4v) is 1.51. The highest BCUT2D eigenvalue weighted by molar-refractivity contribution is 5.56. The van der Waals surface area contributed by atoms with E-state index in [0.717, 1.165) is 11.1 Å². The molecule has 84 valence electrons. The average Bonchev–Trinajstić information content (AvgIpc) is 2.55. The van der Waals surface area contributed by atoms with Crippen molar-refractivity contribution in [3.8, 4) is 17.3 Å². The molecule has 16 heavy (non-hydrogen) atoms. The van der Waals surface area contributed by atoms with Crippen molar-refractivity contribution in [2.24, 2.45) is 0 Å². The predicted molar refractivity (Wildman–Crippen MR) is 57.3 cm³/mol. The zero-order valence-corrected chi connectivity index (χ0v) is 9.04. The molecule has 5 nitrogen and oxygen atoms in total. The Bertz CT molecular complexity index is 503. The summed E-state index contributed by atoms with van der Waals surface area (Å²) < 4.78 is 5.98. The smallest absolute Gasteiger partial charge is 0.499 e. The monoisotopic (exact) mass is 220 g/mol. The first kappa shape index (κ1) is 10.4. The molecule has 1 aromatic carbocycles. The third kappa shape index (κ3) is 1.56. The molecule has 0 atom stereocenters. The zero-order chi connectivity index (χ0) is 11.7. The lowest BCUT2D eigenvalue weighted by Gasteiger charge is -2.04. The lowest BCUT2D eigenvalue weighted by atomic mass is 10.1. The molecule has 0 aliphatic carbocycles. The van der Waals surface area contributed by atoms with E-state index >= 15 is 0 Å². The average molecular weight is 220 g/mol. The molecule has 0 bridgehead atoms. The minimum Gasteiger partial charge on any atom is -0.708 e. The summed E-state index contributed by atoms with van der Waals surface area (Å²) >= 11 is 0. The zero-order valence-electron chi connectivity index (χ0n) is 9.04. The number of hydrogen-bond donors (Lipinski definition) is 1. The van der Waals surface area contributed by atoms with Crippen LogP contribution in [0.5, 0.6) is 6.01 Å². The summed E-state index contributed by atoms with van der Waals surface area (Å²) in [7, 11) is 1.33. The minimum atomic E-state index is -0.157. The fraction of sp³-hybridized carbons (Fsp3) is 0.182. The first-order valence-electron chi connectivity index (χ1n) is 4.78. The number of aromatic nitrogens is 2. The molecule has 0 aliphatic heterocycles. The molecule has 0 radical (unpaired) electrons. The van der Waals surface area contributed by atoms with Crippen LogP contribution >= 0.6 is 0 Å². The fourth-order valence-electron chi connectivity index (χ4n) is 1.51. The Morgan fingerprint density at radius 3 is 2.44 bits per heavy atom. The molecule has 2 aromatic rings. The predicted octanol–water partition coefficient (Wildman–Crippen LogP) is 1.34. The van der Waals surface area contributed by atoms with Gasteiger partial charge < -0.3 is 15.2 Å². The molecule has 0 saturated heterocycles. The van der Waals surface area contributed by atoms with Gasteiger partial charge in [-0.3, -0.25) is 0 Å². The summed E-state index contributed by atoms with van der Waals surface area (Å²) in [5, 5.41) is 21.1. The van der Waals surface area contributed by atoms with Crippen molar-refractivity contribution in [2.75, 3.05) is 7.11 Å². The molecular formula is C11H12N2O3. The topological polar surface area (TPSA) is 61.3 Å². The van der Waals surface area contributed by atoms with E-state index in [1.54, 1.807) is 0 Å². The van der Waals surface area contributed by atoms with E-state index in [1.165, 1.54) is 13.3 Å². The van der Waals surface area contributed by atoms with Gasteiger partial charge in [0.2, 0.25) is 0 Å². The lowest BCUT2D eigenvalue weighted by molar-refractivity contribution is -0.602. The van der Waals surface area contributed by atoms with Gasteiger partial charge >= 0.3 is 6.01 Å². The largest absolute Gasteiger partial charge is 0.708 e. The van der Waals surface area contributed by atoms with Gasteiger partial charge in [-0.25, -0.2) is 0 Å². The van der Waals surface area contributed by atoms with Crippen LogP contribution in [0, 0.1) is 12.1 Å². The van der Waals surface area contributed by atoms with Gasteiger partial charge in [0.15, 0.2) is 11.9 Å². The van der Waals surface area contributed by atoms with Gasteiger partial charge in [0.1, 0.15) is 0 Å². The van der Waals surface area contributed by atoms with Gasteiger partial charge in [-0.05, 0) is 11.7 Å². The molecular weight excluding hydrogens is 208 g/mol. The first-order chi connectivity index (χ1) is 7.63. The molecule has 0 saturated carbocycles. The Balaban J connectivity index is 2.52. The number of imidazole rings is 1. The van der Waals surface area contributed by atoms with E-state index < -0.39 is 0 Å². The van der Waals surface area contributed by atoms with E-state index in [-0.39, 0.29) is 6.01 Å². The molecule has 1 aromatic heterocycles. The second-order valence-corrected chi connectivity index (χ2v) is 3.51. The Morgan fingerprint density at radius 1 is 1.31 bits per heavy atom. The third-order valence-electron chi connectivity index (χ3n) is 2.36. The molecule has 1 N–H and O–H groups in total. The Kier molecular flexibility index (Phi) is 2.44. The number of nitrogens with zero attached hydrogens (tertiary/aromatic N) is 2. The number of ether oxygens (including phenoxy) is 1. The summed E-state index contributed by atoms with van der Waals surface area (Å²) in [5.41, 5.74) is 2.18. The Labute approximate surface area is 92.7 Å². The van der Waals surface area contributed by atoms with Crippen LogP contribution in [0.3, 0.4) is 0 Å². The van der Waals surface area contributed by atoms with Crippen LogP contribution in [0.25, 0.3) is 11.3 Å². The van der Waals surface area contributed by atoms with Crippen LogP contribution in [0.15, 0.2) is 30.5 Å². The standard InChI is InChI=1S/C11H12N2O3/c1-8-3-5-9(6-4-8)10-7-12(14)11(16-2)13(10)15/h3-7,14H,1-2H3. The maximum absolute atomic E-state index is 11.7. The number of rotatable bonds is 2. The summed E-state index contributed by atoms with van der Waals surface area (Å²) in [6.45, 7) is 1.97. The Hall–Kier alpha value is -2.17. The second kappa shape index (κ2) is 3.77. The SMILES string of the molecule is COc1n(O)cc(-c2ccc(C)cc2)[n+]1[O-]. The highest BCUT2D eigenvalue weighted by Crippen LogP contribution is 2.19. The highest BCUT2D eigenvalue weighted by Gasteiger charge is 2.20. The van der Waals surface area contributed by atoms with E-state index in [1.807, 2.05) is 31.2 Å². The van der Waals surface area contributed by atoms with Crippen molar-refractivity contribution in [3.05, 3.63) is 41.2 Å². The third-order valence-corrected chi connectivity index (χ3v) is 2.36. The van der Waals surface area contributed by atoms with Gasteiger partial charge in [0.05, 0.1) is 7.11 Å². The van der Waals surface area contributed by atoms with E-state index in [4.69, 9.17) is 4.74 Å². The van der Waals surface area contributed by atoms with Crippen LogP contribution in [0.4, 0.5) is 0 Å². The summed E-state index contributed by atoms with van der Waals surface area (Å²) in [6.07, 6.45) is 1.32. The first-order valence-corrected chi connectivity index (χ1v) is 4.78. The second-order valence-electron chi connectivity index (χ2n) is 3.51. The normalized spacial score (nSPS) is 10.4. The van der Waals surface area contributed by atoms with Gasteiger partial charge in [-0.1, -0.05) is 29.8 Å². The molecule has 0 fully saturated rings. The highest BCUT2D eigenvalue weighted by atomic mass is 16.6. The van der Waals surface area contributed by atoms with E-state index in [0.29, 0.717) is 15.2 Å². The molecule has 5 heteroatoms. The molecule has 0 unspecified atom stereocenters. The van der Waals surface area contributed by atoms with Crippen LogP contribution in [-0.4, -0.2) is 17.0 Å². The van der Waals surface area contributed by atoms with Crippen molar-refractivity contribution in [1.82, 2.24) is 4.73 Å². The molecule has 1 heterocycles. The van der Waals surface area contributed by atoms with E-state index in [2.05, 4.69) is 0 Å². The van der Waals surface area contributed by atoms with Crippen LogP contribution in [0.1, 0.15) is 5.56 Å². The van der Waals surface area contributed by atoms with Crippen LogP contribution < -0.4 is 9.47 Å². The molecule has 0 aliphatic rings. The summed E-state index contributed by atoms with van der Waals surface area (Å²) in [5.74, 6) is 0. The molecule has 0 amide bonds. The number of hydrogen-bond acceptors (Lipinski definition) is 3. The minimum absolute atomic E-state index is 0.157.